The molecule has 1 aromatic rings. The van der Waals surface area contributed by atoms with Gasteiger partial charge in [-0.3, -0.25) is 18.1 Å². The molecule has 0 saturated carbocycles. The summed E-state index contributed by atoms with van der Waals surface area (Å²) in [4.78, 5) is 25.2. The topological polar surface area (TPSA) is 202 Å². The van der Waals surface area contributed by atoms with Gasteiger partial charge in [-0.2, -0.15) is 9.29 Å². The molecule has 1 fully saturated rings. The van der Waals surface area contributed by atoms with E-state index < -0.39 is 46.1 Å². The zero-order valence-electron chi connectivity index (χ0n) is 17.3. The third kappa shape index (κ3) is 7.14. The number of quaternary nitrogens is 1. The number of aliphatic hydroxyl groups excluding tert-OH is 2. The van der Waals surface area contributed by atoms with Gasteiger partial charge >= 0.3 is 21.3 Å². The zero-order valence-corrected chi connectivity index (χ0v) is 19.1. The summed E-state index contributed by atoms with van der Waals surface area (Å²) in [5.41, 5.74) is 4.50. The second kappa shape index (κ2) is 9.73. The zero-order chi connectivity index (χ0) is 23.6. The van der Waals surface area contributed by atoms with E-state index >= 15 is 0 Å². The summed E-state index contributed by atoms with van der Waals surface area (Å²) in [6, 6.07) is 1.25. The van der Waals surface area contributed by atoms with Gasteiger partial charge in [0.2, 0.25) is 0 Å². The van der Waals surface area contributed by atoms with E-state index in [0.29, 0.717) is 11.0 Å². The minimum atomic E-state index is -4.90. The van der Waals surface area contributed by atoms with Gasteiger partial charge in [-0.15, -0.1) is 0 Å². The summed E-state index contributed by atoms with van der Waals surface area (Å²) in [5, 5.41) is 20.4. The summed E-state index contributed by atoms with van der Waals surface area (Å²) in [6.07, 6.45) is -5.75. The van der Waals surface area contributed by atoms with Crippen LogP contribution in [0.5, 0.6) is 0 Å². The van der Waals surface area contributed by atoms with Crippen molar-refractivity contribution in [2.24, 2.45) is 0 Å². The lowest BCUT2D eigenvalue weighted by Gasteiger charge is -2.25. The molecule has 0 amide bonds. The molecule has 31 heavy (non-hydrogen) atoms. The third-order valence-electron chi connectivity index (χ3n) is 4.00. The van der Waals surface area contributed by atoms with Crippen LogP contribution in [-0.4, -0.2) is 89.0 Å². The van der Waals surface area contributed by atoms with Crippen LogP contribution in [0.1, 0.15) is 6.23 Å². The Bertz CT molecular complexity index is 920. The van der Waals surface area contributed by atoms with Crippen LogP contribution in [-0.2, 0) is 31.7 Å². The number of nitrogens with two attached hydrogens (primary N) is 1. The van der Waals surface area contributed by atoms with Crippen molar-refractivity contribution in [2.45, 2.75) is 24.7 Å². The first-order valence-electron chi connectivity index (χ1n) is 8.86. The maximum Gasteiger partial charge on any atom is 0.485 e. The van der Waals surface area contributed by atoms with Crippen molar-refractivity contribution < 1.29 is 51.3 Å². The van der Waals surface area contributed by atoms with Gasteiger partial charge in [0.05, 0.1) is 21.1 Å². The van der Waals surface area contributed by atoms with Crippen molar-refractivity contribution in [3.8, 4) is 0 Å². The van der Waals surface area contributed by atoms with Gasteiger partial charge in [-0.25, -0.2) is 13.9 Å². The molecule has 0 bridgehead atoms. The monoisotopic (exact) mass is 489 g/mol. The smallest absolute Gasteiger partial charge is 0.385 e. The summed E-state index contributed by atoms with van der Waals surface area (Å²) in [6.45, 7) is 0.117. The molecule has 2 unspecified atom stereocenters. The van der Waals surface area contributed by atoms with E-state index in [2.05, 4.69) is 13.8 Å². The van der Waals surface area contributed by atoms with Gasteiger partial charge in [-0.1, -0.05) is 0 Å². The third-order valence-corrected chi connectivity index (χ3v) is 7.04. The normalized spacial score (nSPS) is 28.2. The molecule has 0 aliphatic carbocycles. The van der Waals surface area contributed by atoms with Crippen LogP contribution in [0.2, 0.25) is 0 Å². The highest BCUT2D eigenvalue weighted by Crippen LogP contribution is 2.64. The van der Waals surface area contributed by atoms with Crippen LogP contribution in [0.15, 0.2) is 17.1 Å². The predicted octanol–water partition coefficient (Wildman–Crippen LogP) is -0.987. The largest absolute Gasteiger partial charge is 0.485 e. The van der Waals surface area contributed by atoms with Gasteiger partial charge in [-0.05, 0) is 6.07 Å². The minimum Gasteiger partial charge on any atom is -0.385 e. The van der Waals surface area contributed by atoms with Crippen molar-refractivity contribution in [2.75, 3.05) is 47.1 Å². The lowest BCUT2D eigenvalue weighted by Crippen LogP contribution is -2.37. The van der Waals surface area contributed by atoms with Gasteiger partial charge < -0.3 is 30.1 Å². The first-order chi connectivity index (χ1) is 14.2. The average Bonchev–Trinajstić information content (AvgIpc) is 2.88. The molecular weight excluding hydrogens is 462 g/mol. The minimum absolute atomic E-state index is 0.0803. The number of aliphatic hydroxyl groups is 2. The number of ether oxygens (including phenoxy) is 1. The second-order valence-electron chi connectivity index (χ2n) is 7.55. The molecule has 1 aliphatic rings. The van der Waals surface area contributed by atoms with Crippen LogP contribution < -0.4 is 11.4 Å². The Morgan fingerprint density at radius 3 is 2.48 bits per heavy atom. The first-order valence-corrected chi connectivity index (χ1v) is 11.8. The molecule has 1 aliphatic heterocycles. The molecule has 0 spiro atoms. The standard InChI is InChI=1S/C14H26N4O11P2/c1-18(2,3)7-8-26-30(22,23)29-31(24,25-4)28-13-11(20)10(19)12(27-13)17-6-5-9(15)16-14(17)21/h5-6,10-13,19-20H,7-8H2,1-4H3,(H2-,15,16,21,22,23)/p+1/t10-,11+,12-,13-,31?/m1/s1. The number of nitrogen functional groups attached to an aromatic ring is 1. The number of hydrogen-bond donors (Lipinski definition) is 4. The van der Waals surface area contributed by atoms with Crippen LogP contribution in [0, 0.1) is 0 Å². The quantitative estimate of drug-likeness (QED) is 0.231. The molecule has 15 nitrogen and oxygen atoms in total. The summed E-state index contributed by atoms with van der Waals surface area (Å²) in [7, 11) is -3.40. The molecule has 0 aromatic carbocycles. The van der Waals surface area contributed by atoms with Crippen molar-refractivity contribution in [1.29, 1.82) is 0 Å². The summed E-state index contributed by atoms with van der Waals surface area (Å²) in [5.74, 6) is -0.0803. The van der Waals surface area contributed by atoms with Gasteiger partial charge in [0.1, 0.15) is 31.2 Å². The number of nitrogens with zero attached hydrogens (tertiary/aromatic N) is 3. The van der Waals surface area contributed by atoms with E-state index in [1.807, 2.05) is 21.1 Å². The molecule has 6 atom stereocenters. The number of phosphoric ester groups is 2. The maximum atomic E-state index is 12.7. The molecule has 17 heteroatoms. The SMILES string of the molecule is COP(=O)(O[C@H]1O[C@@H](n2ccc(N)nc2=O)[C@H](O)[C@@H]1O)OP(=O)(O)OCC[N+](C)(C)C. The van der Waals surface area contributed by atoms with Gasteiger partial charge in [0.25, 0.3) is 0 Å². The Balaban J connectivity index is 2.10. The molecule has 178 valence electrons. The van der Waals surface area contributed by atoms with Crippen molar-refractivity contribution >= 4 is 21.5 Å². The average molecular weight is 489 g/mol. The lowest BCUT2D eigenvalue weighted by molar-refractivity contribution is -0.870. The number of rotatable bonds is 10. The van der Waals surface area contributed by atoms with Crippen molar-refractivity contribution in [1.82, 2.24) is 9.55 Å². The van der Waals surface area contributed by atoms with Crippen LogP contribution in [0.25, 0.3) is 0 Å². The fraction of sp³-hybridized carbons (Fsp3) is 0.714. The van der Waals surface area contributed by atoms with Gasteiger partial charge in [0, 0.05) is 13.3 Å². The first kappa shape index (κ1) is 26.0. The number of anilines is 1. The fourth-order valence-electron chi connectivity index (χ4n) is 2.37. The Morgan fingerprint density at radius 2 is 1.94 bits per heavy atom. The summed E-state index contributed by atoms with van der Waals surface area (Å²) < 4.78 is 50.1. The number of aromatic nitrogens is 2. The van der Waals surface area contributed by atoms with E-state index in [0.717, 1.165) is 17.9 Å². The van der Waals surface area contributed by atoms with E-state index in [4.69, 9.17) is 19.5 Å². The number of phosphoric acid groups is 2. The Labute approximate surface area is 177 Å². The molecule has 5 N–H and O–H groups in total. The highest BCUT2D eigenvalue weighted by molar-refractivity contribution is 7.61. The Kier molecular flexibility index (Phi) is 8.17. The Morgan fingerprint density at radius 1 is 1.29 bits per heavy atom. The van der Waals surface area contributed by atoms with E-state index in [1.54, 1.807) is 0 Å². The maximum absolute atomic E-state index is 12.7. The van der Waals surface area contributed by atoms with Crippen LogP contribution >= 0.6 is 15.6 Å². The number of hydrogen-bond acceptors (Lipinski definition) is 12. The van der Waals surface area contributed by atoms with Gasteiger partial charge in [0.15, 0.2) is 12.5 Å². The number of likely N-dealkylation sites (N-methyl/N-ethyl adjacent to an activating group) is 1. The molecular formula is C14H27N4O11P2+. The molecule has 1 saturated heterocycles. The van der Waals surface area contributed by atoms with Crippen LogP contribution in [0.3, 0.4) is 0 Å². The fourth-order valence-corrected chi connectivity index (χ4v) is 4.82. The molecule has 2 rings (SSSR count). The van der Waals surface area contributed by atoms with Crippen LogP contribution in [0.4, 0.5) is 5.82 Å². The van der Waals surface area contributed by atoms with E-state index in [9.17, 15) is 29.0 Å². The molecule has 1 aromatic heterocycles. The second-order valence-corrected chi connectivity index (χ2v) is 10.9. The van der Waals surface area contributed by atoms with Crippen molar-refractivity contribution in [3.63, 3.8) is 0 Å². The predicted molar refractivity (Wildman–Crippen MR) is 104 cm³/mol. The van der Waals surface area contributed by atoms with Crippen molar-refractivity contribution in [3.05, 3.63) is 22.7 Å². The Hall–Kier alpha value is -1.22. The highest BCUT2D eigenvalue weighted by Gasteiger charge is 2.50. The highest BCUT2D eigenvalue weighted by atomic mass is 31.3. The van der Waals surface area contributed by atoms with E-state index in [1.165, 1.54) is 6.07 Å². The van der Waals surface area contributed by atoms with E-state index in [-0.39, 0.29) is 12.4 Å². The summed E-state index contributed by atoms with van der Waals surface area (Å²) >= 11 is 0. The lowest BCUT2D eigenvalue weighted by atomic mass is 10.2. The molecule has 2 heterocycles. The molecule has 0 radical (unpaired) electrons.